The molecule has 0 radical (unpaired) electrons. The molecule has 0 saturated heterocycles. The molecule has 14 heavy (non-hydrogen) atoms. The minimum atomic E-state index is -1.83. The van der Waals surface area contributed by atoms with Crippen molar-refractivity contribution in [2.45, 2.75) is 0 Å². The van der Waals surface area contributed by atoms with Gasteiger partial charge in [0.25, 0.3) is 0 Å². The summed E-state index contributed by atoms with van der Waals surface area (Å²) in [7, 11) is 0. The smallest absolute Gasteiger partial charge is 0.450 e. The van der Waals surface area contributed by atoms with Crippen LogP contribution in [0.1, 0.15) is 0 Å². The summed E-state index contributed by atoms with van der Waals surface area (Å²) in [4.78, 5) is 16.6. The summed E-state index contributed by atoms with van der Waals surface area (Å²) in [5.41, 5.74) is 0.949. The molecule has 2 N–H and O–H groups in total. The molecule has 0 aliphatic rings. The van der Waals surface area contributed by atoms with Gasteiger partial charge in [0.05, 0.1) is 11.7 Å². The van der Waals surface area contributed by atoms with E-state index in [1.807, 2.05) is 18.2 Å². The number of aromatic nitrogens is 2. The maximum atomic E-state index is 8.56. The first kappa shape index (κ1) is 9.91. The van der Waals surface area contributed by atoms with Gasteiger partial charge >= 0.3 is 6.16 Å². The van der Waals surface area contributed by atoms with Gasteiger partial charge in [-0.2, -0.15) is 0 Å². The summed E-state index contributed by atoms with van der Waals surface area (Å²) < 4.78 is 0. The number of carboxylic acid groups (broad SMARTS) is 2. The van der Waals surface area contributed by atoms with Crippen LogP contribution in [0.4, 0.5) is 4.79 Å². The Kier molecular flexibility index (Phi) is 3.37. The average molecular weight is 192 g/mol. The minimum Gasteiger partial charge on any atom is -0.450 e. The van der Waals surface area contributed by atoms with Crippen molar-refractivity contribution in [3.63, 3.8) is 0 Å². The van der Waals surface area contributed by atoms with Crippen LogP contribution in [0.3, 0.4) is 0 Å². The number of fused-ring (bicyclic) bond motifs is 1. The van der Waals surface area contributed by atoms with Gasteiger partial charge in [0.15, 0.2) is 0 Å². The van der Waals surface area contributed by atoms with E-state index in [2.05, 4.69) is 9.97 Å². The van der Waals surface area contributed by atoms with Crippen molar-refractivity contribution in [1.82, 2.24) is 9.97 Å². The number of pyridine rings is 2. The molecule has 5 heteroatoms. The molecule has 0 fully saturated rings. The Balaban J connectivity index is 0.000000213. The number of hydrogen-bond donors (Lipinski definition) is 2. The summed E-state index contributed by atoms with van der Waals surface area (Å²) >= 11 is 0. The second-order valence-electron chi connectivity index (χ2n) is 2.35. The fraction of sp³-hybridized carbons (Fsp3) is 0. The zero-order chi connectivity index (χ0) is 10.4. The van der Waals surface area contributed by atoms with Crippen molar-refractivity contribution in [3.05, 3.63) is 36.8 Å². The molecule has 0 aliphatic heterocycles. The van der Waals surface area contributed by atoms with Gasteiger partial charge in [0, 0.05) is 17.8 Å². The van der Waals surface area contributed by atoms with Crippen LogP contribution in [-0.2, 0) is 0 Å². The van der Waals surface area contributed by atoms with E-state index in [1.165, 1.54) is 0 Å². The van der Waals surface area contributed by atoms with E-state index in [0.717, 1.165) is 10.9 Å². The van der Waals surface area contributed by atoms with Gasteiger partial charge in [-0.25, -0.2) is 4.79 Å². The van der Waals surface area contributed by atoms with Crippen LogP contribution in [0.5, 0.6) is 0 Å². The van der Waals surface area contributed by atoms with Crippen molar-refractivity contribution in [2.24, 2.45) is 0 Å². The highest BCUT2D eigenvalue weighted by Gasteiger charge is 1.87. The molecule has 72 valence electrons. The Bertz CT molecular complexity index is 362. The molecule has 2 heterocycles. The quantitative estimate of drug-likeness (QED) is 0.665. The number of nitrogens with zero attached hydrogens (tertiary/aromatic N) is 2. The standard InChI is InChI=1S/C8H6N2.CH2O3/c1-2-7-3-5-9-6-8(7)10-4-1;2-1(3)4/h1-6H;(H2,2,3,4). The Hall–Kier alpha value is -2.17. The van der Waals surface area contributed by atoms with Crippen molar-refractivity contribution < 1.29 is 15.0 Å². The molecule has 5 nitrogen and oxygen atoms in total. The van der Waals surface area contributed by atoms with Crippen LogP contribution in [0.15, 0.2) is 36.8 Å². The average Bonchev–Trinajstić information content (AvgIpc) is 2.17. The molecule has 0 atom stereocenters. The lowest BCUT2D eigenvalue weighted by Crippen LogP contribution is -1.81. The number of rotatable bonds is 0. The Morgan fingerprint density at radius 1 is 1.21 bits per heavy atom. The minimum absolute atomic E-state index is 0.949. The van der Waals surface area contributed by atoms with Crippen LogP contribution < -0.4 is 0 Å². The van der Waals surface area contributed by atoms with E-state index in [1.54, 1.807) is 18.6 Å². The molecule has 2 rings (SSSR count). The Morgan fingerprint density at radius 3 is 2.57 bits per heavy atom. The third-order valence-corrected chi connectivity index (χ3v) is 1.41. The van der Waals surface area contributed by atoms with Crippen molar-refractivity contribution in [2.75, 3.05) is 0 Å². The zero-order valence-corrected chi connectivity index (χ0v) is 7.16. The van der Waals surface area contributed by atoms with E-state index in [9.17, 15) is 0 Å². The molecule has 0 aliphatic carbocycles. The van der Waals surface area contributed by atoms with Crippen molar-refractivity contribution in [3.8, 4) is 0 Å². The van der Waals surface area contributed by atoms with Crippen LogP contribution in [-0.4, -0.2) is 26.3 Å². The lowest BCUT2D eigenvalue weighted by molar-refractivity contribution is 0.137. The van der Waals surface area contributed by atoms with E-state index >= 15 is 0 Å². The third-order valence-electron chi connectivity index (χ3n) is 1.41. The van der Waals surface area contributed by atoms with E-state index in [-0.39, 0.29) is 0 Å². The molecule has 0 unspecified atom stereocenters. The highest BCUT2D eigenvalue weighted by Crippen LogP contribution is 2.05. The normalized spacial score (nSPS) is 8.86. The fourth-order valence-electron chi connectivity index (χ4n) is 0.916. The Labute approximate surface area is 79.7 Å². The SMILES string of the molecule is O=C(O)O.c1cnc2cnccc2c1. The van der Waals surface area contributed by atoms with Gasteiger partial charge in [0.2, 0.25) is 0 Å². The summed E-state index contributed by atoms with van der Waals surface area (Å²) in [6.45, 7) is 0. The first-order valence-electron chi connectivity index (χ1n) is 3.77. The van der Waals surface area contributed by atoms with Gasteiger partial charge in [-0.3, -0.25) is 9.97 Å². The lowest BCUT2D eigenvalue weighted by atomic mass is 10.3. The molecule has 0 bridgehead atoms. The first-order chi connectivity index (χ1) is 6.70. The highest BCUT2D eigenvalue weighted by molar-refractivity contribution is 5.76. The molecular weight excluding hydrogens is 184 g/mol. The van der Waals surface area contributed by atoms with Crippen LogP contribution >= 0.6 is 0 Å². The van der Waals surface area contributed by atoms with Crippen LogP contribution in [0.25, 0.3) is 10.9 Å². The fourth-order valence-corrected chi connectivity index (χ4v) is 0.916. The van der Waals surface area contributed by atoms with E-state index in [4.69, 9.17) is 15.0 Å². The van der Waals surface area contributed by atoms with Crippen molar-refractivity contribution in [1.29, 1.82) is 0 Å². The molecule has 0 spiro atoms. The highest BCUT2D eigenvalue weighted by atomic mass is 16.6. The second kappa shape index (κ2) is 4.76. The lowest BCUT2D eigenvalue weighted by Gasteiger charge is -1.90. The predicted octanol–water partition coefficient (Wildman–Crippen LogP) is 1.85. The topological polar surface area (TPSA) is 83.3 Å². The summed E-state index contributed by atoms with van der Waals surface area (Å²) in [6.07, 6.45) is 3.46. The number of carbonyl (C=O) groups is 1. The van der Waals surface area contributed by atoms with Gasteiger partial charge in [-0.1, -0.05) is 6.07 Å². The van der Waals surface area contributed by atoms with Gasteiger partial charge in [-0.15, -0.1) is 0 Å². The maximum absolute atomic E-state index is 8.56. The molecule has 0 aromatic carbocycles. The number of hydrogen-bond acceptors (Lipinski definition) is 3. The molecule has 2 aromatic rings. The first-order valence-corrected chi connectivity index (χ1v) is 3.77. The summed E-state index contributed by atoms with van der Waals surface area (Å²) in [5.74, 6) is 0. The van der Waals surface area contributed by atoms with Crippen LogP contribution in [0.2, 0.25) is 0 Å². The summed E-state index contributed by atoms with van der Waals surface area (Å²) in [6, 6.07) is 5.88. The van der Waals surface area contributed by atoms with Gasteiger partial charge < -0.3 is 10.2 Å². The molecule has 2 aromatic heterocycles. The maximum Gasteiger partial charge on any atom is 0.503 e. The van der Waals surface area contributed by atoms with Gasteiger partial charge in [-0.05, 0) is 12.1 Å². The van der Waals surface area contributed by atoms with Gasteiger partial charge in [0.1, 0.15) is 0 Å². The molecule has 0 amide bonds. The van der Waals surface area contributed by atoms with E-state index in [0.29, 0.717) is 0 Å². The molecular formula is C9H8N2O3. The monoisotopic (exact) mass is 192 g/mol. The third kappa shape index (κ3) is 3.06. The predicted molar refractivity (Wildman–Crippen MR) is 50.2 cm³/mol. The second-order valence-corrected chi connectivity index (χ2v) is 2.35. The zero-order valence-electron chi connectivity index (χ0n) is 7.16. The molecule has 0 saturated carbocycles. The Morgan fingerprint density at radius 2 is 1.93 bits per heavy atom. The van der Waals surface area contributed by atoms with Crippen LogP contribution in [0, 0.1) is 0 Å². The largest absolute Gasteiger partial charge is 0.503 e. The summed E-state index contributed by atoms with van der Waals surface area (Å²) in [5, 5.41) is 15.1. The van der Waals surface area contributed by atoms with Crippen molar-refractivity contribution >= 4 is 17.1 Å². The van der Waals surface area contributed by atoms with E-state index < -0.39 is 6.16 Å².